The van der Waals surface area contributed by atoms with Crippen molar-refractivity contribution in [3.05, 3.63) is 35.9 Å². The quantitative estimate of drug-likeness (QED) is 0.582. The summed E-state index contributed by atoms with van der Waals surface area (Å²) >= 11 is 0. The molecule has 3 aromatic rings. The first kappa shape index (κ1) is 22.4. The van der Waals surface area contributed by atoms with Crippen molar-refractivity contribution in [1.29, 1.82) is 0 Å². The summed E-state index contributed by atoms with van der Waals surface area (Å²) in [4.78, 5) is 20.0. The molecule has 3 fully saturated rings. The van der Waals surface area contributed by atoms with Crippen LogP contribution >= 0.6 is 0 Å². The number of halogens is 2. The lowest BCUT2D eigenvalue weighted by Crippen LogP contribution is -2.43. The second-order valence-electron chi connectivity index (χ2n) is 10.1. The van der Waals surface area contributed by atoms with Crippen LogP contribution in [0.15, 0.2) is 24.7 Å². The first-order valence-electron chi connectivity index (χ1n) is 12.4. The minimum absolute atomic E-state index is 0.0314. The highest BCUT2D eigenvalue weighted by atomic mass is 19.3. The minimum Gasteiger partial charge on any atom is -0.371 e. The Kier molecular flexibility index (Phi) is 5.66. The van der Waals surface area contributed by atoms with Gasteiger partial charge in [0.2, 0.25) is 0 Å². The molecule has 2 saturated heterocycles. The molecule has 2 atom stereocenters. The number of hydrogen-bond donors (Lipinski definition) is 1. The number of amides is 1. The Morgan fingerprint density at radius 3 is 2.60 bits per heavy atom. The SMILES string of the molecule is C[C@H]1CC[C@H](n2cc(NC(=O)c3cnn4ccc(N5C[C@H]6CC[C@@H](C5)O6)nc34)c(C(F)F)n2)CC1. The minimum atomic E-state index is -2.79. The van der Waals surface area contributed by atoms with Gasteiger partial charge in [0.15, 0.2) is 11.3 Å². The van der Waals surface area contributed by atoms with Crippen molar-refractivity contribution in [2.75, 3.05) is 23.3 Å². The molecule has 3 aliphatic rings. The molecule has 2 bridgehead atoms. The number of rotatable bonds is 5. The third-order valence-electron chi connectivity index (χ3n) is 7.54. The van der Waals surface area contributed by atoms with Crippen molar-refractivity contribution >= 4 is 23.1 Å². The molecule has 1 aliphatic carbocycles. The molecule has 1 saturated carbocycles. The highest BCUT2D eigenvalue weighted by Crippen LogP contribution is 2.35. The van der Waals surface area contributed by atoms with Gasteiger partial charge in [0.1, 0.15) is 11.4 Å². The molecule has 0 unspecified atom stereocenters. The topological polar surface area (TPSA) is 89.6 Å². The van der Waals surface area contributed by atoms with Crippen LogP contribution in [0.3, 0.4) is 0 Å². The zero-order valence-corrected chi connectivity index (χ0v) is 19.6. The maximum Gasteiger partial charge on any atom is 0.284 e. The number of nitrogens with one attached hydrogen (secondary N) is 1. The van der Waals surface area contributed by atoms with Gasteiger partial charge in [0.05, 0.1) is 30.1 Å². The van der Waals surface area contributed by atoms with Crippen LogP contribution in [0.4, 0.5) is 20.3 Å². The maximum absolute atomic E-state index is 13.8. The summed E-state index contributed by atoms with van der Waals surface area (Å²) in [5.74, 6) is 0.849. The summed E-state index contributed by atoms with van der Waals surface area (Å²) in [7, 11) is 0. The third-order valence-corrected chi connectivity index (χ3v) is 7.54. The van der Waals surface area contributed by atoms with Gasteiger partial charge in [-0.15, -0.1) is 0 Å². The molecule has 35 heavy (non-hydrogen) atoms. The average Bonchev–Trinajstić information content (AvgIpc) is 3.55. The van der Waals surface area contributed by atoms with E-state index in [1.165, 1.54) is 16.9 Å². The lowest BCUT2D eigenvalue weighted by atomic mass is 9.87. The van der Waals surface area contributed by atoms with Crippen molar-refractivity contribution in [1.82, 2.24) is 24.4 Å². The molecule has 6 rings (SSSR count). The number of morpholine rings is 1. The fraction of sp³-hybridized carbons (Fsp3) is 0.583. The third kappa shape index (κ3) is 4.26. The van der Waals surface area contributed by atoms with E-state index in [2.05, 4.69) is 27.3 Å². The van der Waals surface area contributed by atoms with Crippen LogP contribution in [0.1, 0.15) is 74.0 Å². The van der Waals surface area contributed by atoms with Crippen LogP contribution < -0.4 is 10.2 Å². The summed E-state index contributed by atoms with van der Waals surface area (Å²) in [6.07, 6.45) is 8.28. The number of carbonyl (C=O) groups excluding carboxylic acids is 1. The lowest BCUT2D eigenvalue weighted by Gasteiger charge is -2.32. The first-order chi connectivity index (χ1) is 16.9. The normalized spacial score (nSPS) is 26.6. The highest BCUT2D eigenvalue weighted by molar-refractivity contribution is 6.08. The van der Waals surface area contributed by atoms with Crippen LogP contribution in [0.5, 0.6) is 0 Å². The van der Waals surface area contributed by atoms with Gasteiger partial charge in [-0.25, -0.2) is 18.3 Å². The summed E-state index contributed by atoms with van der Waals surface area (Å²) in [5.41, 5.74) is 0.225. The Labute approximate surface area is 201 Å². The molecule has 9 nitrogen and oxygen atoms in total. The Bertz CT molecular complexity index is 1220. The summed E-state index contributed by atoms with van der Waals surface area (Å²) in [6.45, 7) is 3.72. The van der Waals surface area contributed by atoms with E-state index in [0.29, 0.717) is 11.6 Å². The molecule has 0 radical (unpaired) electrons. The van der Waals surface area contributed by atoms with Crippen LogP contribution in [0.2, 0.25) is 0 Å². The van der Waals surface area contributed by atoms with Gasteiger partial charge in [0, 0.05) is 25.5 Å². The van der Waals surface area contributed by atoms with Gasteiger partial charge >= 0.3 is 0 Å². The van der Waals surface area contributed by atoms with E-state index in [9.17, 15) is 13.6 Å². The Morgan fingerprint density at radius 2 is 1.89 bits per heavy atom. The molecule has 2 aliphatic heterocycles. The summed E-state index contributed by atoms with van der Waals surface area (Å²) < 4.78 is 36.6. The van der Waals surface area contributed by atoms with Gasteiger partial charge in [-0.3, -0.25) is 9.48 Å². The van der Waals surface area contributed by atoms with Gasteiger partial charge in [-0.05, 0) is 50.5 Å². The largest absolute Gasteiger partial charge is 0.371 e. The molecule has 3 aromatic heterocycles. The van der Waals surface area contributed by atoms with E-state index in [1.54, 1.807) is 10.9 Å². The molecule has 1 N–H and O–H groups in total. The molecule has 186 valence electrons. The van der Waals surface area contributed by atoms with Crippen molar-refractivity contribution in [3.63, 3.8) is 0 Å². The maximum atomic E-state index is 13.8. The van der Waals surface area contributed by atoms with Crippen molar-refractivity contribution in [2.24, 2.45) is 5.92 Å². The van der Waals surface area contributed by atoms with E-state index in [1.807, 2.05) is 6.07 Å². The van der Waals surface area contributed by atoms with E-state index in [0.717, 1.165) is 57.4 Å². The smallest absolute Gasteiger partial charge is 0.284 e. The fourth-order valence-corrected chi connectivity index (χ4v) is 5.54. The zero-order valence-electron chi connectivity index (χ0n) is 19.6. The van der Waals surface area contributed by atoms with Crippen LogP contribution in [0, 0.1) is 5.92 Å². The Hall–Kier alpha value is -3.08. The number of nitrogens with zero attached hydrogens (tertiary/aromatic N) is 6. The Balaban J connectivity index is 1.25. The molecule has 11 heteroatoms. The van der Waals surface area contributed by atoms with Crippen molar-refractivity contribution < 1.29 is 18.3 Å². The predicted octanol–water partition coefficient (Wildman–Crippen LogP) is 4.23. The lowest BCUT2D eigenvalue weighted by molar-refractivity contribution is 0.0302. The van der Waals surface area contributed by atoms with E-state index in [4.69, 9.17) is 9.72 Å². The predicted molar refractivity (Wildman–Crippen MR) is 125 cm³/mol. The standard InChI is InChI=1S/C24H29F2N7O2/c1-14-2-4-15(5-3-14)33-13-19(21(30-33)22(25)26)28-24(34)18-10-27-32-9-8-20(29-23(18)32)31-11-16-6-7-17(12-31)35-16/h8-10,13-17,22H,2-7,11-12H2,1H3,(H,28,34)/t14-,15-,16-,17+. The zero-order chi connectivity index (χ0) is 24.1. The van der Waals surface area contributed by atoms with E-state index >= 15 is 0 Å². The van der Waals surface area contributed by atoms with Crippen molar-refractivity contribution in [3.8, 4) is 0 Å². The second-order valence-corrected chi connectivity index (χ2v) is 10.1. The first-order valence-corrected chi connectivity index (χ1v) is 12.4. The molecule has 5 heterocycles. The number of alkyl halides is 2. The number of fused-ring (bicyclic) bond motifs is 3. The number of carbonyl (C=O) groups is 1. The molecule has 0 spiro atoms. The number of ether oxygens (including phenoxy) is 1. The molecular weight excluding hydrogens is 456 g/mol. The number of aromatic nitrogens is 5. The van der Waals surface area contributed by atoms with Gasteiger partial charge in [0.25, 0.3) is 12.3 Å². The van der Waals surface area contributed by atoms with Crippen LogP contribution in [0.25, 0.3) is 5.65 Å². The fourth-order valence-electron chi connectivity index (χ4n) is 5.54. The van der Waals surface area contributed by atoms with Crippen LogP contribution in [-0.4, -0.2) is 55.6 Å². The highest BCUT2D eigenvalue weighted by Gasteiger charge is 2.34. The van der Waals surface area contributed by atoms with E-state index in [-0.39, 0.29) is 29.5 Å². The second kappa shape index (κ2) is 8.85. The van der Waals surface area contributed by atoms with Crippen LogP contribution in [-0.2, 0) is 4.74 Å². The van der Waals surface area contributed by atoms with Crippen molar-refractivity contribution in [2.45, 2.75) is 70.1 Å². The summed E-state index contributed by atoms with van der Waals surface area (Å²) in [6, 6.07) is 1.94. The van der Waals surface area contributed by atoms with Gasteiger partial charge < -0.3 is 15.0 Å². The number of hydrogen-bond acceptors (Lipinski definition) is 6. The molecule has 1 amide bonds. The van der Waals surface area contributed by atoms with E-state index < -0.39 is 18.0 Å². The van der Waals surface area contributed by atoms with Gasteiger partial charge in [-0.2, -0.15) is 10.2 Å². The summed E-state index contributed by atoms with van der Waals surface area (Å²) in [5, 5.41) is 11.0. The average molecular weight is 486 g/mol. The molecular formula is C24H29F2N7O2. The monoisotopic (exact) mass is 485 g/mol. The molecule has 0 aromatic carbocycles. The van der Waals surface area contributed by atoms with Gasteiger partial charge in [-0.1, -0.05) is 6.92 Å². The number of anilines is 2. The Morgan fingerprint density at radius 1 is 1.14 bits per heavy atom.